The number of hydrogen-bond acceptors (Lipinski definition) is 10. The number of carbonyl (C=O) groups is 7. The second-order valence-electron chi connectivity index (χ2n) is 13.2. The Balaban J connectivity index is 2.32. The van der Waals surface area contributed by atoms with Gasteiger partial charge in [0.25, 0.3) is 11.8 Å². The van der Waals surface area contributed by atoms with Crippen LogP contribution in [0, 0.1) is 17.8 Å². The highest BCUT2D eigenvalue weighted by atomic mass is 19.3. The lowest BCUT2D eigenvalue weighted by molar-refractivity contribution is -0.144. The predicted octanol–water partition coefficient (Wildman–Crippen LogP) is 1.61. The summed E-state index contributed by atoms with van der Waals surface area (Å²) in [7, 11) is 1.05. The van der Waals surface area contributed by atoms with Crippen LogP contribution in [0.3, 0.4) is 0 Å². The van der Waals surface area contributed by atoms with Crippen LogP contribution in [0.5, 0.6) is 0 Å². The third-order valence-electron chi connectivity index (χ3n) is 8.74. The molecule has 0 aromatic carbocycles. The Labute approximate surface area is 296 Å². The van der Waals surface area contributed by atoms with Gasteiger partial charge in [0.2, 0.25) is 29.9 Å². The summed E-state index contributed by atoms with van der Waals surface area (Å²) in [5.74, 6) is -7.12. The van der Waals surface area contributed by atoms with Gasteiger partial charge in [-0.05, 0) is 30.6 Å². The lowest BCUT2D eigenvalue weighted by Gasteiger charge is -2.31. The number of ether oxygens (including phenoxy) is 1. The first kappa shape index (κ1) is 42.6. The fraction of sp³-hybridized carbons (Fsp3) is 0.676. The number of ketones is 1. The number of methoxy groups -OCH3 is 1. The number of carbonyl (C=O) groups excluding carboxylic acids is 7. The van der Waals surface area contributed by atoms with Crippen LogP contribution < -0.4 is 26.6 Å². The molecule has 51 heavy (non-hydrogen) atoms. The zero-order chi connectivity index (χ0) is 38.1. The van der Waals surface area contributed by atoms with Gasteiger partial charge >= 0.3 is 5.97 Å². The standard InChI is InChI=1S/C34H51F2N7O8/c1-6-20(4)28(43-31(47)23(14-19(2)3)41-32(48)25-17-37-12-13-38-25)33(49)42-24(15-21-10-8-7-9-11-21)30(46)40-22(16-26(35)36)29(45)34(50)39-18-27(44)51-5/h12-13,17,19-24,26,28H,6-11,14-16,18H2,1-5H3,(H,39,50)(H,40,46)(H,41,48)(H,42,49)(H,43,47)/t20-,22-,23-,24-,28-/m0/s1. The van der Waals surface area contributed by atoms with E-state index in [1.54, 1.807) is 13.8 Å². The highest BCUT2D eigenvalue weighted by Gasteiger charge is 2.36. The number of halogens is 2. The summed E-state index contributed by atoms with van der Waals surface area (Å²) in [6, 6.07) is -5.49. The second kappa shape index (κ2) is 21.6. The zero-order valence-electron chi connectivity index (χ0n) is 29.8. The molecular formula is C34H51F2N7O8. The predicted molar refractivity (Wildman–Crippen MR) is 180 cm³/mol. The van der Waals surface area contributed by atoms with E-state index in [-0.39, 0.29) is 30.4 Å². The third-order valence-corrected chi connectivity index (χ3v) is 8.74. The van der Waals surface area contributed by atoms with E-state index >= 15 is 0 Å². The molecule has 15 nitrogen and oxygen atoms in total. The molecule has 5 amide bonds. The van der Waals surface area contributed by atoms with Gasteiger partial charge < -0.3 is 31.3 Å². The molecule has 0 radical (unpaired) electrons. The summed E-state index contributed by atoms with van der Waals surface area (Å²) < 4.78 is 31.5. The molecule has 5 atom stereocenters. The number of rotatable bonds is 20. The SMILES string of the molecule is CC[C@H](C)[C@H](NC(=O)[C@H](CC(C)C)NC(=O)c1cnccn1)C(=O)N[C@@H](CC1CCCCC1)C(=O)N[C@@H](CC(F)F)C(=O)C(=O)NCC(=O)OC. The van der Waals surface area contributed by atoms with E-state index in [4.69, 9.17) is 0 Å². The Morgan fingerprint density at radius 2 is 1.49 bits per heavy atom. The largest absolute Gasteiger partial charge is 0.468 e. The molecule has 0 spiro atoms. The van der Waals surface area contributed by atoms with Gasteiger partial charge in [0.1, 0.15) is 36.4 Å². The summed E-state index contributed by atoms with van der Waals surface area (Å²) in [4.78, 5) is 98.5. The minimum atomic E-state index is -3.09. The van der Waals surface area contributed by atoms with Crippen molar-refractivity contribution in [1.29, 1.82) is 0 Å². The summed E-state index contributed by atoms with van der Waals surface area (Å²) in [6.07, 6.45) is 4.77. The number of nitrogens with zero attached hydrogens (tertiary/aromatic N) is 2. The molecule has 1 fully saturated rings. The molecule has 5 N–H and O–H groups in total. The quantitative estimate of drug-likeness (QED) is 0.0968. The minimum absolute atomic E-state index is 0.00332. The van der Waals surface area contributed by atoms with E-state index in [9.17, 15) is 42.3 Å². The van der Waals surface area contributed by atoms with E-state index in [2.05, 4.69) is 36.0 Å². The van der Waals surface area contributed by atoms with Crippen LogP contribution in [0.4, 0.5) is 8.78 Å². The molecule has 0 bridgehead atoms. The Kier molecular flexibility index (Phi) is 18.0. The van der Waals surface area contributed by atoms with Gasteiger partial charge in [0.05, 0.1) is 13.3 Å². The van der Waals surface area contributed by atoms with E-state index in [1.165, 1.54) is 18.6 Å². The zero-order valence-corrected chi connectivity index (χ0v) is 29.8. The Bertz CT molecular complexity index is 1340. The summed E-state index contributed by atoms with van der Waals surface area (Å²) in [5.41, 5.74) is -0.00332. The molecule has 1 heterocycles. The first-order valence-electron chi connectivity index (χ1n) is 17.3. The van der Waals surface area contributed by atoms with Crippen molar-refractivity contribution in [3.63, 3.8) is 0 Å². The summed E-state index contributed by atoms with van der Waals surface area (Å²) >= 11 is 0. The monoisotopic (exact) mass is 723 g/mol. The van der Waals surface area contributed by atoms with Crippen LogP contribution in [-0.2, 0) is 33.5 Å². The highest BCUT2D eigenvalue weighted by Crippen LogP contribution is 2.27. The molecule has 0 aliphatic heterocycles. The van der Waals surface area contributed by atoms with Crippen molar-refractivity contribution in [2.75, 3.05) is 13.7 Å². The van der Waals surface area contributed by atoms with Crippen molar-refractivity contribution in [3.05, 3.63) is 24.3 Å². The Morgan fingerprint density at radius 3 is 2.06 bits per heavy atom. The van der Waals surface area contributed by atoms with Crippen LogP contribution in [0.1, 0.15) is 96.0 Å². The van der Waals surface area contributed by atoms with Crippen LogP contribution in [0.15, 0.2) is 18.6 Å². The number of alkyl halides is 2. The van der Waals surface area contributed by atoms with Gasteiger partial charge in [-0.3, -0.25) is 38.5 Å². The molecule has 1 aromatic rings. The molecule has 0 saturated heterocycles. The van der Waals surface area contributed by atoms with Crippen molar-refractivity contribution in [3.8, 4) is 0 Å². The minimum Gasteiger partial charge on any atom is -0.468 e. The van der Waals surface area contributed by atoms with Crippen LogP contribution >= 0.6 is 0 Å². The maximum Gasteiger partial charge on any atom is 0.325 e. The molecule has 2 rings (SSSR count). The topological polar surface area (TPSA) is 215 Å². The van der Waals surface area contributed by atoms with E-state index < -0.39 is 90.8 Å². The molecule has 0 unspecified atom stereocenters. The Hall–Kier alpha value is -4.57. The van der Waals surface area contributed by atoms with Crippen molar-refractivity contribution in [2.45, 2.75) is 116 Å². The summed E-state index contributed by atoms with van der Waals surface area (Å²) in [5, 5.41) is 12.3. The molecule has 17 heteroatoms. The molecule has 1 aliphatic rings. The average Bonchev–Trinajstić information content (AvgIpc) is 3.11. The first-order valence-corrected chi connectivity index (χ1v) is 17.3. The van der Waals surface area contributed by atoms with Crippen LogP contribution in [-0.4, -0.2) is 95.5 Å². The summed E-state index contributed by atoms with van der Waals surface area (Å²) in [6.45, 7) is 6.55. The number of nitrogens with one attached hydrogen (secondary N) is 5. The number of hydrogen-bond donors (Lipinski definition) is 5. The van der Waals surface area contributed by atoms with Gasteiger partial charge in [0, 0.05) is 18.8 Å². The fourth-order valence-corrected chi connectivity index (χ4v) is 5.71. The molecule has 284 valence electrons. The maximum atomic E-state index is 13.9. The van der Waals surface area contributed by atoms with Gasteiger partial charge in [-0.15, -0.1) is 0 Å². The van der Waals surface area contributed by atoms with Crippen molar-refractivity contribution < 1.29 is 47.1 Å². The number of aromatic nitrogens is 2. The molecule has 1 aliphatic carbocycles. The van der Waals surface area contributed by atoms with Gasteiger partial charge in [-0.1, -0.05) is 66.2 Å². The van der Waals surface area contributed by atoms with Gasteiger partial charge in [-0.25, -0.2) is 13.8 Å². The van der Waals surface area contributed by atoms with Gasteiger partial charge in [0.15, 0.2) is 0 Å². The lowest BCUT2D eigenvalue weighted by Crippen LogP contribution is -2.60. The van der Waals surface area contributed by atoms with Gasteiger partial charge in [-0.2, -0.15) is 0 Å². The third kappa shape index (κ3) is 14.7. The van der Waals surface area contributed by atoms with E-state index in [1.807, 2.05) is 19.2 Å². The molecule has 1 saturated carbocycles. The van der Waals surface area contributed by atoms with Crippen LogP contribution in [0.25, 0.3) is 0 Å². The van der Waals surface area contributed by atoms with Crippen molar-refractivity contribution >= 4 is 41.3 Å². The number of amides is 5. The lowest BCUT2D eigenvalue weighted by atomic mass is 9.84. The number of esters is 1. The van der Waals surface area contributed by atoms with E-state index in [0.717, 1.165) is 39.2 Å². The number of Topliss-reactive ketones (excluding diaryl/α,β-unsaturated/α-hetero) is 1. The Morgan fingerprint density at radius 1 is 0.843 bits per heavy atom. The molecular weight excluding hydrogens is 672 g/mol. The average molecular weight is 724 g/mol. The fourth-order valence-electron chi connectivity index (χ4n) is 5.71. The second-order valence-corrected chi connectivity index (χ2v) is 13.2. The highest BCUT2D eigenvalue weighted by molar-refractivity contribution is 6.38. The van der Waals surface area contributed by atoms with Crippen LogP contribution in [0.2, 0.25) is 0 Å². The normalized spacial score (nSPS) is 16.2. The van der Waals surface area contributed by atoms with E-state index in [0.29, 0.717) is 6.42 Å². The smallest absolute Gasteiger partial charge is 0.325 e. The molecule has 1 aromatic heterocycles. The van der Waals surface area contributed by atoms with Crippen molar-refractivity contribution in [1.82, 2.24) is 36.6 Å². The first-order chi connectivity index (χ1) is 24.2. The van der Waals surface area contributed by atoms with Crippen molar-refractivity contribution in [2.24, 2.45) is 17.8 Å². The maximum absolute atomic E-state index is 13.9.